The van der Waals surface area contributed by atoms with Crippen LogP contribution >= 0.6 is 0 Å². The molecular weight excluding hydrogens is 316 g/mol. The highest BCUT2D eigenvalue weighted by Crippen LogP contribution is 2.15. The van der Waals surface area contributed by atoms with Crippen LogP contribution in [0.25, 0.3) is 0 Å². The molecule has 0 radical (unpaired) electrons. The Morgan fingerprint density at radius 3 is 2.32 bits per heavy atom. The van der Waals surface area contributed by atoms with Crippen LogP contribution in [-0.2, 0) is 9.53 Å². The topological polar surface area (TPSA) is 100 Å². The van der Waals surface area contributed by atoms with E-state index in [1.165, 1.54) is 0 Å². The van der Waals surface area contributed by atoms with E-state index < -0.39 is 5.97 Å². The first kappa shape index (κ1) is 17.8. The number of hydrogen-bond acceptors (Lipinski definition) is 5. The van der Waals surface area contributed by atoms with Gasteiger partial charge in [-0.15, -0.1) is 0 Å². The van der Waals surface area contributed by atoms with Crippen molar-refractivity contribution >= 4 is 17.5 Å². The van der Waals surface area contributed by atoms with Gasteiger partial charge in [-0.25, -0.2) is 9.79 Å². The van der Waals surface area contributed by atoms with Crippen molar-refractivity contribution in [3.8, 4) is 6.07 Å². The van der Waals surface area contributed by atoms with Gasteiger partial charge < -0.3 is 15.8 Å². The number of anilines is 1. The summed E-state index contributed by atoms with van der Waals surface area (Å²) < 4.78 is 4.93. The van der Waals surface area contributed by atoms with E-state index in [2.05, 4.69) is 10.3 Å². The van der Waals surface area contributed by atoms with E-state index >= 15 is 0 Å². The van der Waals surface area contributed by atoms with Gasteiger partial charge in [0.25, 0.3) is 0 Å². The second-order valence-electron chi connectivity index (χ2n) is 4.91. The summed E-state index contributed by atoms with van der Waals surface area (Å²) in [7, 11) is 0. The van der Waals surface area contributed by atoms with Gasteiger partial charge in [0.1, 0.15) is 11.9 Å². The summed E-state index contributed by atoms with van der Waals surface area (Å²) >= 11 is 0. The van der Waals surface area contributed by atoms with Gasteiger partial charge in [-0.1, -0.05) is 48.5 Å². The fourth-order valence-corrected chi connectivity index (χ4v) is 2.00. The average Bonchev–Trinajstić information content (AvgIpc) is 2.64. The Balaban J connectivity index is 2.48. The summed E-state index contributed by atoms with van der Waals surface area (Å²) in [6.07, 6.45) is 0. The number of esters is 1. The van der Waals surface area contributed by atoms with Crippen molar-refractivity contribution in [1.29, 1.82) is 5.26 Å². The normalized spacial score (nSPS) is 11.9. The highest BCUT2D eigenvalue weighted by Gasteiger charge is 2.17. The van der Waals surface area contributed by atoms with Gasteiger partial charge in [0.05, 0.1) is 6.61 Å². The van der Waals surface area contributed by atoms with Crippen molar-refractivity contribution in [2.24, 2.45) is 10.7 Å². The number of para-hydroxylation sites is 1. The molecule has 0 heterocycles. The van der Waals surface area contributed by atoms with E-state index in [4.69, 9.17) is 10.5 Å². The van der Waals surface area contributed by atoms with Gasteiger partial charge >= 0.3 is 5.97 Å². The first-order valence-corrected chi connectivity index (χ1v) is 7.68. The highest BCUT2D eigenvalue weighted by atomic mass is 16.5. The van der Waals surface area contributed by atoms with Crippen LogP contribution in [0.5, 0.6) is 0 Å². The molecule has 0 saturated carbocycles. The molecule has 2 rings (SSSR count). The molecular formula is C19H18N4O2. The maximum absolute atomic E-state index is 12.1. The quantitative estimate of drug-likeness (QED) is 0.278. The third-order valence-electron chi connectivity index (χ3n) is 3.17. The van der Waals surface area contributed by atoms with Gasteiger partial charge in [-0.05, 0) is 19.1 Å². The van der Waals surface area contributed by atoms with E-state index in [-0.39, 0.29) is 23.8 Å². The summed E-state index contributed by atoms with van der Waals surface area (Å²) in [5.74, 6) is -0.544. The lowest BCUT2D eigenvalue weighted by molar-refractivity contribution is -0.138. The van der Waals surface area contributed by atoms with E-state index in [0.29, 0.717) is 11.3 Å². The van der Waals surface area contributed by atoms with E-state index in [9.17, 15) is 10.1 Å². The standard InChI is InChI=1S/C19H18N4O2/c1-2-25-19(24)16(13-20)18(22-15-11-7-4-8-12-15)23-17(21)14-9-5-3-6-10-14/h3-12,22H,2H2,1H3,(H2,21,23)/b18-16+. The molecule has 0 atom stereocenters. The maximum Gasteiger partial charge on any atom is 0.352 e. The maximum atomic E-state index is 12.1. The first-order chi connectivity index (χ1) is 12.2. The predicted octanol–water partition coefficient (Wildman–Crippen LogP) is 2.80. The van der Waals surface area contributed by atoms with Crippen LogP contribution in [0.2, 0.25) is 0 Å². The molecule has 6 heteroatoms. The monoisotopic (exact) mass is 334 g/mol. The van der Waals surface area contributed by atoms with Crippen molar-refractivity contribution < 1.29 is 9.53 Å². The number of benzene rings is 2. The number of rotatable bonds is 6. The van der Waals surface area contributed by atoms with Gasteiger partial charge in [-0.2, -0.15) is 5.26 Å². The number of nitriles is 1. The molecule has 0 aliphatic rings. The molecule has 0 unspecified atom stereocenters. The number of carbonyl (C=O) groups is 1. The summed E-state index contributed by atoms with van der Waals surface area (Å²) in [6, 6.07) is 20.0. The van der Waals surface area contributed by atoms with Crippen molar-refractivity contribution in [3.05, 3.63) is 77.6 Å². The lowest BCUT2D eigenvalue weighted by Gasteiger charge is -2.10. The van der Waals surface area contributed by atoms with Crippen LogP contribution < -0.4 is 11.1 Å². The largest absolute Gasteiger partial charge is 0.462 e. The molecule has 0 aromatic heterocycles. The predicted molar refractivity (Wildman–Crippen MR) is 96.5 cm³/mol. The van der Waals surface area contributed by atoms with Crippen LogP contribution in [0.4, 0.5) is 5.69 Å². The van der Waals surface area contributed by atoms with Gasteiger partial charge in [0.2, 0.25) is 0 Å². The highest BCUT2D eigenvalue weighted by molar-refractivity contribution is 6.00. The summed E-state index contributed by atoms with van der Waals surface area (Å²) in [4.78, 5) is 16.3. The lowest BCUT2D eigenvalue weighted by Crippen LogP contribution is -2.18. The fourth-order valence-electron chi connectivity index (χ4n) is 2.00. The second-order valence-corrected chi connectivity index (χ2v) is 4.91. The van der Waals surface area contributed by atoms with Crippen LogP contribution in [0, 0.1) is 11.3 Å². The molecule has 25 heavy (non-hydrogen) atoms. The number of nitrogens with one attached hydrogen (secondary N) is 1. The molecule has 0 amide bonds. The molecule has 2 aromatic rings. The zero-order chi connectivity index (χ0) is 18.1. The Bertz CT molecular complexity index is 822. The molecule has 3 N–H and O–H groups in total. The smallest absolute Gasteiger partial charge is 0.352 e. The minimum Gasteiger partial charge on any atom is -0.462 e. The SMILES string of the molecule is CCOC(=O)/C(C#N)=C(/N=C(\N)c1ccccc1)Nc1ccccc1. The Morgan fingerprint density at radius 2 is 1.76 bits per heavy atom. The van der Waals surface area contributed by atoms with Crippen molar-refractivity contribution in [1.82, 2.24) is 0 Å². The van der Waals surface area contributed by atoms with E-state index in [1.54, 1.807) is 31.2 Å². The molecule has 0 saturated heterocycles. The van der Waals surface area contributed by atoms with Crippen LogP contribution in [-0.4, -0.2) is 18.4 Å². The summed E-state index contributed by atoms with van der Waals surface area (Å²) in [5.41, 5.74) is 7.13. The number of amidine groups is 1. The van der Waals surface area contributed by atoms with Gasteiger partial charge in [0.15, 0.2) is 11.4 Å². The van der Waals surface area contributed by atoms with Crippen molar-refractivity contribution in [3.63, 3.8) is 0 Å². The number of nitrogens with zero attached hydrogens (tertiary/aromatic N) is 2. The Labute approximate surface area is 146 Å². The van der Waals surface area contributed by atoms with E-state index in [0.717, 1.165) is 0 Å². The van der Waals surface area contributed by atoms with Crippen LogP contribution in [0.3, 0.4) is 0 Å². The minimum absolute atomic E-state index is 0.0357. The molecule has 0 bridgehead atoms. The molecule has 0 spiro atoms. The third kappa shape index (κ3) is 4.94. The van der Waals surface area contributed by atoms with Gasteiger partial charge in [-0.3, -0.25) is 0 Å². The average molecular weight is 334 g/mol. The Hall–Kier alpha value is -3.59. The summed E-state index contributed by atoms with van der Waals surface area (Å²) in [6.45, 7) is 1.82. The number of aliphatic imine (C=N–C) groups is 1. The zero-order valence-electron chi connectivity index (χ0n) is 13.8. The molecule has 6 nitrogen and oxygen atoms in total. The Kier molecular flexibility index (Phi) is 6.32. The number of carbonyl (C=O) groups excluding carboxylic acids is 1. The minimum atomic E-state index is -0.756. The third-order valence-corrected chi connectivity index (χ3v) is 3.17. The molecule has 0 aliphatic carbocycles. The first-order valence-electron chi connectivity index (χ1n) is 7.68. The van der Waals surface area contributed by atoms with Gasteiger partial charge in [0, 0.05) is 11.3 Å². The number of ether oxygens (including phenoxy) is 1. The molecule has 126 valence electrons. The lowest BCUT2D eigenvalue weighted by atomic mass is 10.2. The van der Waals surface area contributed by atoms with Crippen LogP contribution in [0.1, 0.15) is 12.5 Å². The fraction of sp³-hybridized carbons (Fsp3) is 0.105. The van der Waals surface area contributed by atoms with E-state index in [1.807, 2.05) is 42.5 Å². The summed E-state index contributed by atoms with van der Waals surface area (Å²) in [5, 5.41) is 12.4. The number of hydrogen-bond donors (Lipinski definition) is 2. The van der Waals surface area contributed by atoms with Crippen LogP contribution in [0.15, 0.2) is 77.1 Å². The van der Waals surface area contributed by atoms with Crippen molar-refractivity contribution in [2.75, 3.05) is 11.9 Å². The zero-order valence-corrected chi connectivity index (χ0v) is 13.8. The van der Waals surface area contributed by atoms with Crippen molar-refractivity contribution in [2.45, 2.75) is 6.92 Å². The molecule has 2 aromatic carbocycles. The Morgan fingerprint density at radius 1 is 1.16 bits per heavy atom. The number of nitrogens with two attached hydrogens (primary N) is 1. The molecule has 0 aliphatic heterocycles. The second kappa shape index (κ2) is 8.89. The molecule has 0 fully saturated rings.